The molecule has 0 aliphatic carbocycles. The first-order valence-corrected chi connectivity index (χ1v) is 12.3. The number of thiazole rings is 1. The number of halogens is 1. The number of hydrogen-bond donors (Lipinski definition) is 5. The number of carbonyl (C=O) groups excluding carboxylic acids is 1. The van der Waals surface area contributed by atoms with Crippen molar-refractivity contribution in [2.24, 2.45) is 0 Å². The van der Waals surface area contributed by atoms with Gasteiger partial charge in [-0.25, -0.2) is 14.4 Å². The van der Waals surface area contributed by atoms with E-state index in [1.54, 1.807) is 11.6 Å². The fourth-order valence-corrected chi connectivity index (χ4v) is 4.26. The maximum atomic E-state index is 14.2. The van der Waals surface area contributed by atoms with E-state index in [-0.39, 0.29) is 18.7 Å². The Balaban J connectivity index is 1.62. The first kappa shape index (κ1) is 25.5. The fraction of sp³-hybridized carbons (Fsp3) is 0.269. The highest BCUT2D eigenvalue weighted by Crippen LogP contribution is 2.28. The molecule has 2 aromatic heterocycles. The summed E-state index contributed by atoms with van der Waals surface area (Å²) in [6, 6.07) is 16.3. The minimum Gasteiger partial charge on any atom is -0.394 e. The van der Waals surface area contributed by atoms with Gasteiger partial charge in [0.2, 0.25) is 0 Å². The minimum atomic E-state index is -1.65. The highest BCUT2D eigenvalue weighted by Gasteiger charge is 2.27. The summed E-state index contributed by atoms with van der Waals surface area (Å²) in [5, 5.41) is 28.9. The van der Waals surface area contributed by atoms with Crippen molar-refractivity contribution >= 4 is 44.7 Å². The van der Waals surface area contributed by atoms with E-state index in [0.717, 1.165) is 21.5 Å². The molecule has 8 nitrogen and oxygen atoms in total. The predicted molar refractivity (Wildman–Crippen MR) is 141 cm³/mol. The number of aromatic nitrogens is 2. The second-order valence-electron chi connectivity index (χ2n) is 8.90. The molecule has 4 rings (SSSR count). The number of nitrogens with zero attached hydrogens (tertiary/aromatic N) is 2. The van der Waals surface area contributed by atoms with Crippen LogP contribution in [0.3, 0.4) is 0 Å². The number of rotatable bonds is 10. The van der Waals surface area contributed by atoms with Crippen LogP contribution in [0.15, 0.2) is 66.3 Å². The Hall–Kier alpha value is -3.60. The van der Waals surface area contributed by atoms with Gasteiger partial charge in [-0.15, -0.1) is 11.3 Å². The van der Waals surface area contributed by atoms with E-state index >= 15 is 0 Å². The first-order chi connectivity index (χ1) is 17.2. The second-order valence-corrected chi connectivity index (χ2v) is 9.78. The molecule has 0 aliphatic rings. The summed E-state index contributed by atoms with van der Waals surface area (Å²) in [4.78, 5) is 21.6. The molecule has 0 saturated carbocycles. The average Bonchev–Trinajstić information content (AvgIpc) is 3.33. The van der Waals surface area contributed by atoms with Crippen LogP contribution in [0, 0.1) is 0 Å². The molecule has 0 bridgehead atoms. The molecule has 36 heavy (non-hydrogen) atoms. The van der Waals surface area contributed by atoms with E-state index in [2.05, 4.69) is 25.9 Å². The van der Waals surface area contributed by atoms with Gasteiger partial charge in [0.25, 0.3) is 5.91 Å². The van der Waals surface area contributed by atoms with Gasteiger partial charge in [0.1, 0.15) is 12.0 Å². The minimum absolute atomic E-state index is 0.177. The van der Waals surface area contributed by atoms with Crippen molar-refractivity contribution < 1.29 is 19.4 Å². The van der Waals surface area contributed by atoms with Gasteiger partial charge in [0, 0.05) is 18.0 Å². The van der Waals surface area contributed by atoms with Gasteiger partial charge >= 0.3 is 0 Å². The summed E-state index contributed by atoms with van der Waals surface area (Å²) in [6.07, 6.45) is -0.259. The van der Waals surface area contributed by atoms with Gasteiger partial charge in [-0.2, -0.15) is 0 Å². The second kappa shape index (κ2) is 11.0. The Morgan fingerprint density at radius 1 is 1.14 bits per heavy atom. The number of anilines is 3. The van der Waals surface area contributed by atoms with Crippen LogP contribution in [-0.4, -0.2) is 51.0 Å². The Morgan fingerprint density at radius 3 is 2.64 bits per heavy atom. The molecule has 2 aromatic carbocycles. The number of nitrogens with one attached hydrogen (secondary N) is 3. The third-order valence-corrected chi connectivity index (χ3v) is 6.47. The molecule has 0 radical (unpaired) electrons. The van der Waals surface area contributed by atoms with Crippen LogP contribution in [0.2, 0.25) is 0 Å². The average molecular weight is 510 g/mol. The van der Waals surface area contributed by atoms with Gasteiger partial charge in [0.05, 0.1) is 51.8 Å². The smallest absolute Gasteiger partial charge is 0.255 e. The van der Waals surface area contributed by atoms with E-state index in [1.165, 1.54) is 31.4 Å². The number of hydrogen-bond acceptors (Lipinski definition) is 8. The maximum absolute atomic E-state index is 14.2. The van der Waals surface area contributed by atoms with Crippen molar-refractivity contribution in [3.8, 4) is 0 Å². The monoisotopic (exact) mass is 509 g/mol. The molecule has 0 fully saturated rings. The van der Waals surface area contributed by atoms with Crippen molar-refractivity contribution in [3.05, 3.63) is 77.4 Å². The lowest BCUT2D eigenvalue weighted by Crippen LogP contribution is -2.42. The first-order valence-electron chi connectivity index (χ1n) is 11.4. The Kier molecular flexibility index (Phi) is 7.78. The molecule has 0 aliphatic heterocycles. The van der Waals surface area contributed by atoms with Gasteiger partial charge < -0.3 is 26.2 Å². The molecule has 10 heteroatoms. The Labute approximate surface area is 212 Å². The molecule has 1 amide bonds. The quantitative estimate of drug-likeness (QED) is 0.215. The van der Waals surface area contributed by atoms with Crippen LogP contribution >= 0.6 is 11.3 Å². The molecule has 188 valence electrons. The van der Waals surface area contributed by atoms with Crippen molar-refractivity contribution in [3.63, 3.8) is 0 Å². The number of benzene rings is 2. The molecule has 4 aromatic rings. The van der Waals surface area contributed by atoms with Crippen molar-refractivity contribution in [1.82, 2.24) is 15.3 Å². The zero-order valence-corrected chi connectivity index (χ0v) is 20.7. The molecule has 2 atom stereocenters. The van der Waals surface area contributed by atoms with Crippen LogP contribution in [0.5, 0.6) is 0 Å². The van der Waals surface area contributed by atoms with Crippen molar-refractivity contribution in [2.75, 3.05) is 23.8 Å². The molecular formula is C26H28FN5O3S. The summed E-state index contributed by atoms with van der Waals surface area (Å²) < 4.78 is 15.2. The number of fused-ring (bicyclic) bond motifs is 1. The third-order valence-electron chi connectivity index (χ3n) is 5.67. The zero-order chi connectivity index (χ0) is 25.7. The summed E-state index contributed by atoms with van der Waals surface area (Å²) in [5.41, 5.74) is 3.31. The lowest BCUT2D eigenvalue weighted by molar-refractivity contribution is -0.00177. The molecule has 5 N–H and O–H groups in total. The van der Waals surface area contributed by atoms with Gasteiger partial charge in [-0.05, 0) is 37.6 Å². The largest absolute Gasteiger partial charge is 0.394 e. The summed E-state index contributed by atoms with van der Waals surface area (Å²) >= 11 is 1.53. The van der Waals surface area contributed by atoms with E-state index in [0.29, 0.717) is 11.5 Å². The van der Waals surface area contributed by atoms with Gasteiger partial charge in [-0.3, -0.25) is 4.79 Å². The number of pyridine rings is 1. The van der Waals surface area contributed by atoms with Gasteiger partial charge in [-0.1, -0.05) is 30.3 Å². The number of aliphatic hydroxyl groups excluding tert-OH is 1. The van der Waals surface area contributed by atoms with E-state index in [4.69, 9.17) is 0 Å². The molecule has 0 unspecified atom stereocenters. The van der Waals surface area contributed by atoms with Gasteiger partial charge in [0.15, 0.2) is 0 Å². The summed E-state index contributed by atoms with van der Waals surface area (Å²) in [7, 11) is 0. The van der Waals surface area contributed by atoms with Crippen LogP contribution in [0.4, 0.5) is 21.6 Å². The zero-order valence-electron chi connectivity index (χ0n) is 19.9. The van der Waals surface area contributed by atoms with Crippen LogP contribution in [0.1, 0.15) is 35.8 Å². The molecule has 0 saturated heterocycles. The number of carbonyl (C=O) groups is 1. The number of alkyl halides is 1. The van der Waals surface area contributed by atoms with Crippen molar-refractivity contribution in [2.45, 2.75) is 31.7 Å². The summed E-state index contributed by atoms with van der Waals surface area (Å²) in [5.74, 6) is -0.0817. The SMILES string of the molecule is CC(C)(O)[C@H](F)CNC(=O)c1cnc(Nc2ccc3ncsc3c2)cc1N[C@H](CO)c1ccccc1. The molecule has 0 spiro atoms. The van der Waals surface area contributed by atoms with E-state index in [1.807, 2.05) is 48.5 Å². The van der Waals surface area contributed by atoms with E-state index < -0.39 is 23.7 Å². The standard InChI is InChI=1S/C26H28FN5O3S/c1-26(2,35)23(27)13-29-25(34)18-12-28-24(31-17-8-9-19-22(10-17)36-15-30-19)11-20(18)32-21(14-33)16-6-4-3-5-7-16/h3-12,15,21,23,33,35H,13-14H2,1-2H3,(H,29,34)(H2,28,31,32)/t21-,23-/m1/s1. The topological polar surface area (TPSA) is 119 Å². The molecule has 2 heterocycles. The van der Waals surface area contributed by atoms with Crippen LogP contribution < -0.4 is 16.0 Å². The lowest BCUT2D eigenvalue weighted by atomic mass is 10.0. The number of amides is 1. The fourth-order valence-electron chi connectivity index (χ4n) is 3.54. The Bertz CT molecular complexity index is 1330. The van der Waals surface area contributed by atoms with Crippen LogP contribution in [-0.2, 0) is 0 Å². The predicted octanol–water partition coefficient (Wildman–Crippen LogP) is 4.42. The van der Waals surface area contributed by atoms with Crippen LogP contribution in [0.25, 0.3) is 10.2 Å². The highest BCUT2D eigenvalue weighted by molar-refractivity contribution is 7.16. The van der Waals surface area contributed by atoms with E-state index in [9.17, 15) is 19.4 Å². The van der Waals surface area contributed by atoms with Crippen molar-refractivity contribution in [1.29, 1.82) is 0 Å². The molecular weight excluding hydrogens is 481 g/mol. The normalized spacial score (nSPS) is 13.2. The lowest BCUT2D eigenvalue weighted by Gasteiger charge is -2.23. The summed E-state index contributed by atoms with van der Waals surface area (Å²) in [6.45, 7) is 2.10. The Morgan fingerprint density at radius 2 is 1.92 bits per heavy atom. The maximum Gasteiger partial charge on any atom is 0.255 e. The highest BCUT2D eigenvalue weighted by atomic mass is 32.1. The number of aliphatic hydroxyl groups is 2. The third kappa shape index (κ3) is 6.14.